The van der Waals surface area contributed by atoms with Gasteiger partial charge in [0.1, 0.15) is 42.5 Å². The van der Waals surface area contributed by atoms with Gasteiger partial charge in [-0.25, -0.2) is 4.79 Å². The van der Waals surface area contributed by atoms with Gasteiger partial charge in [-0.2, -0.15) is 0 Å². The molecule has 6 rings (SSSR count). The van der Waals surface area contributed by atoms with Crippen molar-refractivity contribution < 1.29 is 61.8 Å². The van der Waals surface area contributed by atoms with Crippen LogP contribution in [0.4, 0.5) is 0 Å². The van der Waals surface area contributed by atoms with E-state index in [0.29, 0.717) is 5.56 Å². The van der Waals surface area contributed by atoms with Crippen LogP contribution < -0.4 is 0 Å². The molecule has 17 heteroatoms. The van der Waals surface area contributed by atoms with Gasteiger partial charge in [-0.05, 0) is 42.6 Å². The average Bonchev–Trinajstić information content (AvgIpc) is 3.19. The lowest BCUT2D eigenvalue weighted by atomic mass is 9.95. The second-order valence-electron chi connectivity index (χ2n) is 13.6. The first kappa shape index (κ1) is 41.6. The zero-order valence-corrected chi connectivity index (χ0v) is 32.6. The fraction of sp³-hybridized carbons (Fsp3) is 0.450. The van der Waals surface area contributed by atoms with Gasteiger partial charge >= 0.3 is 23.9 Å². The molecule has 3 heterocycles. The minimum absolute atomic E-state index is 0.0399. The minimum Gasteiger partial charge on any atom is -0.463 e. The summed E-state index contributed by atoms with van der Waals surface area (Å²) in [5.41, 5.74) is 11.7. The number of fused-ring (bicyclic) bond motifs is 1. The molecule has 0 N–H and O–H groups in total. The molecule has 0 unspecified atom stereocenters. The van der Waals surface area contributed by atoms with Crippen LogP contribution in [0.5, 0.6) is 0 Å². The van der Waals surface area contributed by atoms with Crippen molar-refractivity contribution in [2.75, 3.05) is 13.2 Å². The third kappa shape index (κ3) is 10.1. The van der Waals surface area contributed by atoms with Crippen LogP contribution in [0, 0.1) is 13.8 Å². The molecule has 0 aliphatic carbocycles. The summed E-state index contributed by atoms with van der Waals surface area (Å²) in [6.45, 7) is 6.92. The van der Waals surface area contributed by atoms with Crippen LogP contribution in [0.25, 0.3) is 10.4 Å². The van der Waals surface area contributed by atoms with E-state index in [1.807, 2.05) is 62.4 Å². The Morgan fingerprint density at radius 2 is 1.42 bits per heavy atom. The number of hydrogen-bond acceptors (Lipinski definition) is 15. The minimum atomic E-state index is -1.59. The third-order valence-electron chi connectivity index (χ3n) is 9.40. The number of esters is 4. The molecule has 3 aromatic carbocycles. The number of thioether (sulfide) groups is 1. The Bertz CT molecular complexity index is 1930. The summed E-state index contributed by atoms with van der Waals surface area (Å²) in [4.78, 5) is 54.7. The Hall–Kier alpha value is -5.00. The van der Waals surface area contributed by atoms with Gasteiger partial charge in [-0.1, -0.05) is 83.6 Å². The Kier molecular flexibility index (Phi) is 13.8. The van der Waals surface area contributed by atoms with E-state index >= 15 is 0 Å². The number of hydrogen-bond donors (Lipinski definition) is 0. The van der Waals surface area contributed by atoms with Crippen LogP contribution >= 0.6 is 11.8 Å². The van der Waals surface area contributed by atoms with Gasteiger partial charge in [-0.15, -0.1) is 0 Å². The lowest BCUT2D eigenvalue weighted by molar-refractivity contribution is -0.354. The number of rotatable bonds is 12. The van der Waals surface area contributed by atoms with E-state index in [4.69, 9.17) is 42.6 Å². The number of aryl methyl sites for hydroxylation is 2. The SMILES string of the molecule is CC(=O)OC[C@H]1O[C@H](O[C@H]2[C@H]3O[C@@H](c4ccccc4)OC[C@H]3O[C@@H](Sc3c(C)cccc3C)[C@@H]2OC(=O)c2ccccc2)[C@H](N=[N+]=[N-])[C@@H](OC(C)=O)[C@H]1OC(C)=O. The van der Waals surface area contributed by atoms with Gasteiger partial charge in [0.25, 0.3) is 0 Å². The average molecular weight is 806 g/mol. The largest absolute Gasteiger partial charge is 0.463 e. The maximum Gasteiger partial charge on any atom is 0.338 e. The van der Waals surface area contributed by atoms with Crippen LogP contribution in [0.1, 0.15) is 54.1 Å². The van der Waals surface area contributed by atoms with Crippen LogP contribution in [0.2, 0.25) is 0 Å². The lowest BCUT2D eigenvalue weighted by Gasteiger charge is -2.51. The van der Waals surface area contributed by atoms with Crippen molar-refractivity contribution >= 4 is 35.6 Å². The van der Waals surface area contributed by atoms with E-state index in [0.717, 1.165) is 29.9 Å². The van der Waals surface area contributed by atoms with Crippen molar-refractivity contribution in [3.63, 3.8) is 0 Å². The van der Waals surface area contributed by atoms with Crippen LogP contribution in [-0.4, -0.2) is 97.6 Å². The highest BCUT2D eigenvalue weighted by Crippen LogP contribution is 2.44. The molecule has 3 aliphatic rings. The van der Waals surface area contributed by atoms with E-state index < -0.39 is 97.3 Å². The third-order valence-corrected chi connectivity index (χ3v) is 10.9. The van der Waals surface area contributed by atoms with Gasteiger partial charge in [0, 0.05) is 36.1 Å². The second kappa shape index (κ2) is 19.0. The Morgan fingerprint density at radius 1 is 0.772 bits per heavy atom. The molecule has 3 saturated heterocycles. The van der Waals surface area contributed by atoms with E-state index in [1.165, 1.54) is 18.7 Å². The van der Waals surface area contributed by atoms with E-state index in [-0.39, 0.29) is 12.2 Å². The zero-order valence-electron chi connectivity index (χ0n) is 31.8. The second-order valence-corrected chi connectivity index (χ2v) is 14.7. The summed E-state index contributed by atoms with van der Waals surface area (Å²) in [5, 5.41) is 3.91. The van der Waals surface area contributed by atoms with Crippen LogP contribution in [0.15, 0.2) is 88.9 Å². The molecule has 3 aliphatic heterocycles. The molecule has 0 radical (unpaired) electrons. The molecule has 11 atom stereocenters. The molecule has 0 aromatic heterocycles. The lowest BCUT2D eigenvalue weighted by Crippen LogP contribution is -2.66. The molecular weight excluding hydrogens is 763 g/mol. The quantitative estimate of drug-likeness (QED) is 0.0712. The molecule has 16 nitrogen and oxygen atoms in total. The van der Waals surface area contributed by atoms with Crippen LogP contribution in [-0.2, 0) is 57.0 Å². The Balaban J connectivity index is 1.46. The monoisotopic (exact) mass is 805 g/mol. The Morgan fingerprint density at radius 3 is 2.05 bits per heavy atom. The van der Waals surface area contributed by atoms with Crippen molar-refractivity contribution in [2.24, 2.45) is 5.11 Å². The van der Waals surface area contributed by atoms with Gasteiger partial charge in [0.2, 0.25) is 0 Å². The summed E-state index contributed by atoms with van der Waals surface area (Å²) >= 11 is 1.32. The molecule has 0 spiro atoms. The smallest absolute Gasteiger partial charge is 0.338 e. The van der Waals surface area contributed by atoms with Crippen molar-refractivity contribution in [3.05, 3.63) is 112 Å². The standard InChI is InChI=1S/C40H43N3O13S/c1-21-13-12-14-22(2)36(21)57-40-35(54-37(47)26-15-8-6-9-16-26)34(32-29(53-40)20-49-38(55-32)27-17-10-7-11-18-27)56-39-30(42-43-41)33(51-25(5)46)31(50-24(4)45)28(52-39)19-48-23(3)44/h6-18,28-35,38-40H,19-20H2,1-5H3/t28-,29-,30-,31+,32+,33-,34+,35-,38+,39-,40+/m1/s1. The topological polar surface area (TPSA) is 200 Å². The van der Waals surface area contributed by atoms with Gasteiger partial charge in [0.15, 0.2) is 30.9 Å². The van der Waals surface area contributed by atoms with Crippen molar-refractivity contribution in [3.8, 4) is 0 Å². The van der Waals surface area contributed by atoms with Gasteiger partial charge in [-0.3, -0.25) is 14.4 Å². The summed E-state index contributed by atoms with van der Waals surface area (Å²) in [6, 6.07) is 21.9. The first-order valence-corrected chi connectivity index (χ1v) is 19.1. The number of carbonyl (C=O) groups excluding carboxylic acids is 4. The van der Waals surface area contributed by atoms with Gasteiger partial charge < -0.3 is 42.6 Å². The fourth-order valence-corrected chi connectivity index (χ4v) is 8.19. The highest BCUT2D eigenvalue weighted by Gasteiger charge is 2.57. The summed E-state index contributed by atoms with van der Waals surface area (Å²) in [5.74, 6) is -2.94. The predicted octanol–water partition coefficient (Wildman–Crippen LogP) is 5.68. The number of ether oxygens (including phenoxy) is 9. The first-order valence-electron chi connectivity index (χ1n) is 18.2. The molecule has 57 heavy (non-hydrogen) atoms. The summed E-state index contributed by atoms with van der Waals surface area (Å²) < 4.78 is 55.4. The van der Waals surface area contributed by atoms with E-state index in [2.05, 4.69) is 10.0 Å². The molecule has 0 bridgehead atoms. The van der Waals surface area contributed by atoms with Crippen molar-refractivity contribution in [2.45, 2.75) is 106 Å². The number of carbonyl (C=O) groups is 4. The van der Waals surface area contributed by atoms with Crippen molar-refractivity contribution in [1.29, 1.82) is 0 Å². The molecule has 0 amide bonds. The highest BCUT2D eigenvalue weighted by molar-refractivity contribution is 8.00. The normalized spacial score (nSPS) is 29.5. The molecule has 302 valence electrons. The molecule has 3 fully saturated rings. The number of nitrogens with zero attached hydrogens (tertiary/aromatic N) is 3. The number of azide groups is 1. The molecule has 3 aromatic rings. The molecule has 0 saturated carbocycles. The summed E-state index contributed by atoms with van der Waals surface area (Å²) in [6.07, 6.45) is -10.9. The number of benzene rings is 3. The molecular formula is C40H43N3O13S. The Labute approximate surface area is 332 Å². The van der Waals surface area contributed by atoms with E-state index in [9.17, 15) is 24.7 Å². The summed E-state index contributed by atoms with van der Waals surface area (Å²) in [7, 11) is 0. The fourth-order valence-electron chi connectivity index (χ4n) is 6.90. The first-order chi connectivity index (χ1) is 27.4. The van der Waals surface area contributed by atoms with Crippen molar-refractivity contribution in [1.82, 2.24) is 0 Å². The highest BCUT2D eigenvalue weighted by atomic mass is 32.2. The van der Waals surface area contributed by atoms with Gasteiger partial charge in [0.05, 0.1) is 12.2 Å². The van der Waals surface area contributed by atoms with Crippen LogP contribution in [0.3, 0.4) is 0 Å². The predicted molar refractivity (Wildman–Crippen MR) is 200 cm³/mol. The maximum absolute atomic E-state index is 14.0. The zero-order chi connectivity index (χ0) is 40.6. The van der Waals surface area contributed by atoms with E-state index in [1.54, 1.807) is 30.3 Å². The maximum atomic E-state index is 14.0.